The van der Waals surface area contributed by atoms with Crippen LogP contribution in [0.25, 0.3) is 0 Å². The van der Waals surface area contributed by atoms with Crippen LogP contribution in [0.1, 0.15) is 20.7 Å². The van der Waals surface area contributed by atoms with Crippen molar-refractivity contribution in [2.24, 2.45) is 0 Å². The maximum atomic E-state index is 10.7. The van der Waals surface area contributed by atoms with Gasteiger partial charge in [-0.1, -0.05) is 0 Å². The van der Waals surface area contributed by atoms with Crippen molar-refractivity contribution in [3.63, 3.8) is 0 Å². The normalized spacial score (nSPS) is 10.4. The Balaban J connectivity index is 1.45. The molecule has 0 atom stereocenters. The Morgan fingerprint density at radius 3 is 1.21 bits per heavy atom. The number of carboxylic acids is 2. The predicted molar refractivity (Wildman–Crippen MR) is 99.4 cm³/mol. The Morgan fingerprint density at radius 2 is 0.893 bits per heavy atom. The Morgan fingerprint density at radius 1 is 0.571 bits per heavy atom. The first-order chi connectivity index (χ1) is 13.6. The van der Waals surface area contributed by atoms with Gasteiger partial charge in [0.2, 0.25) is 0 Å². The van der Waals surface area contributed by atoms with E-state index in [1.165, 1.54) is 24.3 Å². The number of benzene rings is 2. The Kier molecular flexibility index (Phi) is 8.77. The molecule has 150 valence electrons. The molecule has 0 saturated heterocycles. The summed E-state index contributed by atoms with van der Waals surface area (Å²) in [5, 5.41) is 17.6. The fourth-order valence-electron chi connectivity index (χ4n) is 2.15. The summed E-state index contributed by atoms with van der Waals surface area (Å²) in [6.45, 7) is 2.29. The maximum absolute atomic E-state index is 10.7. The van der Waals surface area contributed by atoms with Crippen molar-refractivity contribution < 1.29 is 38.7 Å². The van der Waals surface area contributed by atoms with Crippen LogP contribution in [0.15, 0.2) is 48.5 Å². The number of hydrogen-bond donors (Lipinski definition) is 2. The zero-order valence-electron chi connectivity index (χ0n) is 15.2. The largest absolute Gasteiger partial charge is 0.491 e. The third-order valence-corrected chi connectivity index (χ3v) is 3.57. The second-order valence-corrected chi connectivity index (χ2v) is 5.58. The molecule has 0 spiro atoms. The summed E-state index contributed by atoms with van der Waals surface area (Å²) in [6, 6.07) is 12.3. The zero-order chi connectivity index (χ0) is 20.2. The van der Waals surface area contributed by atoms with Crippen LogP contribution in [0, 0.1) is 0 Å². The molecule has 0 aromatic heterocycles. The smallest absolute Gasteiger partial charge is 0.335 e. The molecule has 0 aliphatic rings. The molecular weight excluding hydrogens is 368 g/mol. The van der Waals surface area contributed by atoms with Gasteiger partial charge in [-0.3, -0.25) is 0 Å². The molecule has 0 aliphatic carbocycles. The maximum Gasteiger partial charge on any atom is 0.335 e. The molecule has 8 heteroatoms. The van der Waals surface area contributed by atoms with E-state index in [4.69, 9.17) is 29.2 Å². The van der Waals surface area contributed by atoms with Crippen molar-refractivity contribution in [3.05, 3.63) is 59.7 Å². The van der Waals surface area contributed by atoms with Gasteiger partial charge in [-0.05, 0) is 48.5 Å². The molecule has 0 radical (unpaired) electrons. The SMILES string of the molecule is O=C(O)c1ccc(OCCOCCOCCOc2ccc(C(=O)O)cc2)cc1. The summed E-state index contributed by atoms with van der Waals surface area (Å²) in [5.41, 5.74) is 0.420. The highest BCUT2D eigenvalue weighted by Crippen LogP contribution is 2.12. The number of carbonyl (C=O) groups is 2. The van der Waals surface area contributed by atoms with E-state index in [2.05, 4.69) is 0 Å². The summed E-state index contributed by atoms with van der Waals surface area (Å²) in [6.07, 6.45) is 0. The lowest BCUT2D eigenvalue weighted by atomic mass is 10.2. The van der Waals surface area contributed by atoms with Crippen molar-refractivity contribution in [2.75, 3.05) is 39.6 Å². The van der Waals surface area contributed by atoms with E-state index in [1.54, 1.807) is 24.3 Å². The van der Waals surface area contributed by atoms with Gasteiger partial charge in [-0.2, -0.15) is 0 Å². The molecule has 0 amide bonds. The van der Waals surface area contributed by atoms with Crippen molar-refractivity contribution in [3.8, 4) is 11.5 Å². The van der Waals surface area contributed by atoms with Gasteiger partial charge in [0.05, 0.1) is 37.6 Å². The molecule has 2 aromatic rings. The molecule has 0 saturated carbocycles. The molecule has 2 N–H and O–H groups in total. The van der Waals surface area contributed by atoms with Crippen LogP contribution < -0.4 is 9.47 Å². The highest BCUT2D eigenvalue weighted by molar-refractivity contribution is 5.88. The number of ether oxygens (including phenoxy) is 4. The molecule has 2 rings (SSSR count). The van der Waals surface area contributed by atoms with Crippen molar-refractivity contribution in [2.45, 2.75) is 0 Å². The van der Waals surface area contributed by atoms with E-state index >= 15 is 0 Å². The van der Waals surface area contributed by atoms with Crippen molar-refractivity contribution in [1.82, 2.24) is 0 Å². The van der Waals surface area contributed by atoms with Crippen LogP contribution in [-0.2, 0) is 9.47 Å². The Bertz CT molecular complexity index is 674. The van der Waals surface area contributed by atoms with E-state index < -0.39 is 11.9 Å². The summed E-state index contributed by atoms with van der Waals surface area (Å²) in [7, 11) is 0. The van der Waals surface area contributed by atoms with Crippen LogP contribution in [-0.4, -0.2) is 61.8 Å². The summed E-state index contributed by atoms with van der Waals surface area (Å²) in [5.74, 6) is -0.787. The fourth-order valence-corrected chi connectivity index (χ4v) is 2.15. The molecule has 0 heterocycles. The zero-order valence-corrected chi connectivity index (χ0v) is 15.2. The number of rotatable bonds is 13. The van der Waals surface area contributed by atoms with Gasteiger partial charge < -0.3 is 29.2 Å². The van der Waals surface area contributed by atoms with Crippen LogP contribution in [0.5, 0.6) is 11.5 Å². The van der Waals surface area contributed by atoms with Gasteiger partial charge in [0.15, 0.2) is 0 Å². The number of carboxylic acid groups (broad SMARTS) is 2. The molecule has 2 aromatic carbocycles. The highest BCUT2D eigenvalue weighted by Gasteiger charge is 2.03. The summed E-state index contributed by atoms with van der Waals surface area (Å²) >= 11 is 0. The van der Waals surface area contributed by atoms with Crippen LogP contribution >= 0.6 is 0 Å². The number of aromatic carboxylic acids is 2. The molecule has 0 aliphatic heterocycles. The highest BCUT2D eigenvalue weighted by atomic mass is 16.6. The van der Waals surface area contributed by atoms with E-state index in [9.17, 15) is 9.59 Å². The van der Waals surface area contributed by atoms with E-state index in [0.717, 1.165) is 0 Å². The lowest BCUT2D eigenvalue weighted by Gasteiger charge is -2.09. The van der Waals surface area contributed by atoms with Crippen LogP contribution in [0.2, 0.25) is 0 Å². The molecule has 28 heavy (non-hydrogen) atoms. The van der Waals surface area contributed by atoms with Gasteiger partial charge in [0, 0.05) is 0 Å². The predicted octanol–water partition coefficient (Wildman–Crippen LogP) is 2.57. The quantitative estimate of drug-likeness (QED) is 0.502. The first kappa shape index (κ1) is 21.2. The van der Waals surface area contributed by atoms with Gasteiger partial charge >= 0.3 is 11.9 Å². The topological polar surface area (TPSA) is 112 Å². The van der Waals surface area contributed by atoms with Crippen LogP contribution in [0.3, 0.4) is 0 Å². The van der Waals surface area contributed by atoms with Gasteiger partial charge in [-0.15, -0.1) is 0 Å². The standard InChI is InChI=1S/C20H22O8/c21-19(22)15-1-5-17(6-2-15)27-13-11-25-9-10-26-12-14-28-18-7-3-16(4-8-18)20(23)24/h1-8H,9-14H2,(H,21,22)(H,23,24). The van der Waals surface area contributed by atoms with Gasteiger partial charge in [0.25, 0.3) is 0 Å². The molecule has 8 nitrogen and oxygen atoms in total. The first-order valence-corrected chi connectivity index (χ1v) is 8.64. The van der Waals surface area contributed by atoms with Crippen LogP contribution in [0.4, 0.5) is 0 Å². The minimum atomic E-state index is -0.976. The first-order valence-electron chi connectivity index (χ1n) is 8.64. The van der Waals surface area contributed by atoms with E-state index in [0.29, 0.717) is 51.1 Å². The van der Waals surface area contributed by atoms with Crippen molar-refractivity contribution in [1.29, 1.82) is 0 Å². The van der Waals surface area contributed by atoms with Gasteiger partial charge in [0.1, 0.15) is 24.7 Å². The lowest BCUT2D eigenvalue weighted by molar-refractivity contribution is 0.0273. The molecule has 0 unspecified atom stereocenters. The summed E-state index contributed by atoms with van der Waals surface area (Å²) < 4.78 is 21.6. The average Bonchev–Trinajstić information content (AvgIpc) is 2.70. The molecular formula is C20H22O8. The van der Waals surface area contributed by atoms with Gasteiger partial charge in [-0.25, -0.2) is 9.59 Å². The van der Waals surface area contributed by atoms with Crippen molar-refractivity contribution >= 4 is 11.9 Å². The Hall–Kier alpha value is -3.10. The fraction of sp³-hybridized carbons (Fsp3) is 0.300. The lowest BCUT2D eigenvalue weighted by Crippen LogP contribution is -2.13. The minimum Gasteiger partial charge on any atom is -0.491 e. The van der Waals surface area contributed by atoms with E-state index in [1.807, 2.05) is 0 Å². The monoisotopic (exact) mass is 390 g/mol. The minimum absolute atomic E-state index is 0.210. The third kappa shape index (κ3) is 7.65. The molecule has 0 fully saturated rings. The third-order valence-electron chi connectivity index (χ3n) is 3.57. The molecule has 0 bridgehead atoms. The average molecular weight is 390 g/mol. The second kappa shape index (κ2) is 11.6. The second-order valence-electron chi connectivity index (χ2n) is 5.58. The summed E-state index contributed by atoms with van der Waals surface area (Å²) in [4.78, 5) is 21.5. The van der Waals surface area contributed by atoms with E-state index in [-0.39, 0.29) is 11.1 Å². The Labute approximate surface area is 162 Å². The number of hydrogen-bond acceptors (Lipinski definition) is 6.